The van der Waals surface area contributed by atoms with Crippen LogP contribution >= 0.6 is 0 Å². The molecule has 0 bridgehead atoms. The van der Waals surface area contributed by atoms with Crippen LogP contribution in [0.4, 0.5) is 4.39 Å². The molecule has 7 heteroatoms. The molecular weight excluding hydrogens is 399 g/mol. The Morgan fingerprint density at radius 2 is 1.74 bits per heavy atom. The summed E-state index contributed by atoms with van der Waals surface area (Å²) in [6.07, 6.45) is 1.25. The molecule has 0 saturated carbocycles. The Morgan fingerprint density at radius 1 is 1.06 bits per heavy atom. The van der Waals surface area contributed by atoms with Crippen LogP contribution in [-0.4, -0.2) is 25.0 Å². The van der Waals surface area contributed by atoms with Crippen molar-refractivity contribution in [2.45, 2.75) is 26.7 Å². The normalized spacial score (nSPS) is 10.7. The maximum absolute atomic E-state index is 13.2. The number of carbonyl (C=O) groups is 1. The van der Waals surface area contributed by atoms with Gasteiger partial charge in [0, 0.05) is 33.2 Å². The molecule has 31 heavy (non-hydrogen) atoms. The molecule has 0 saturated heterocycles. The minimum Gasteiger partial charge on any atom is -0.618 e. The molecule has 1 amide bonds. The lowest BCUT2D eigenvalue weighted by atomic mass is 10.1. The summed E-state index contributed by atoms with van der Waals surface area (Å²) in [5.74, 6) is -0.362. The van der Waals surface area contributed by atoms with Crippen LogP contribution in [0, 0.1) is 17.9 Å². The van der Waals surface area contributed by atoms with E-state index >= 15 is 0 Å². The fraction of sp³-hybridized carbons (Fsp3) is 0.250. The van der Waals surface area contributed by atoms with Gasteiger partial charge in [-0.05, 0) is 23.3 Å². The van der Waals surface area contributed by atoms with E-state index < -0.39 is 0 Å². The van der Waals surface area contributed by atoms with Crippen LogP contribution in [0.3, 0.4) is 0 Å². The highest BCUT2D eigenvalue weighted by Crippen LogP contribution is 2.27. The van der Waals surface area contributed by atoms with Gasteiger partial charge in [-0.25, -0.2) is 4.39 Å². The Bertz CT molecular complexity index is 1040. The van der Waals surface area contributed by atoms with Crippen molar-refractivity contribution in [3.63, 3.8) is 0 Å². The first kappa shape index (κ1) is 22.2. The number of carbonyl (C=O) groups excluding carboxylic acids is 1. The number of nitrogens with zero attached hydrogens (tertiary/aromatic N) is 2. The second kappa shape index (κ2) is 10.0. The van der Waals surface area contributed by atoms with Gasteiger partial charge in [0.1, 0.15) is 18.0 Å². The van der Waals surface area contributed by atoms with Crippen LogP contribution in [0.15, 0.2) is 60.8 Å². The molecule has 2 aromatic carbocycles. The summed E-state index contributed by atoms with van der Waals surface area (Å²) < 4.78 is 25.1. The van der Waals surface area contributed by atoms with E-state index in [1.165, 1.54) is 30.3 Å². The molecule has 0 atom stereocenters. The summed E-state index contributed by atoms with van der Waals surface area (Å²) in [5.41, 5.74) is 2.77. The van der Waals surface area contributed by atoms with Gasteiger partial charge < -0.3 is 19.6 Å². The van der Waals surface area contributed by atoms with Crippen molar-refractivity contribution in [2.75, 3.05) is 14.2 Å². The van der Waals surface area contributed by atoms with E-state index in [9.17, 15) is 14.4 Å². The number of hydrogen-bond donors (Lipinski definition) is 0. The number of pyridine rings is 1. The van der Waals surface area contributed by atoms with Crippen molar-refractivity contribution >= 4 is 5.91 Å². The van der Waals surface area contributed by atoms with Gasteiger partial charge in [-0.2, -0.15) is 4.73 Å². The zero-order valence-corrected chi connectivity index (χ0v) is 17.8. The van der Waals surface area contributed by atoms with Gasteiger partial charge in [-0.1, -0.05) is 42.5 Å². The lowest BCUT2D eigenvalue weighted by Crippen LogP contribution is -2.36. The van der Waals surface area contributed by atoms with Crippen LogP contribution in [0.25, 0.3) is 0 Å². The molecule has 1 heterocycles. The number of methoxy groups -OCH3 is 1. The predicted octanol–water partition coefficient (Wildman–Crippen LogP) is 3.77. The van der Waals surface area contributed by atoms with Gasteiger partial charge in [0.15, 0.2) is 11.9 Å². The minimum atomic E-state index is -0.356. The fourth-order valence-corrected chi connectivity index (χ4v) is 3.27. The molecule has 0 fully saturated rings. The smallest absolute Gasteiger partial charge is 0.260 e. The summed E-state index contributed by atoms with van der Waals surface area (Å²) in [7, 11) is 3.15. The minimum absolute atomic E-state index is 0.108. The first-order valence-electron chi connectivity index (χ1n) is 9.82. The molecule has 0 aliphatic carbocycles. The molecule has 0 radical (unpaired) electrons. The van der Waals surface area contributed by atoms with E-state index in [1.54, 1.807) is 26.1 Å². The molecule has 162 valence electrons. The van der Waals surface area contributed by atoms with Gasteiger partial charge in [-0.15, -0.1) is 0 Å². The van der Waals surface area contributed by atoms with Gasteiger partial charge in [0.25, 0.3) is 5.91 Å². The summed E-state index contributed by atoms with van der Waals surface area (Å²) in [5, 5.41) is 12.5. The van der Waals surface area contributed by atoms with Gasteiger partial charge >= 0.3 is 0 Å². The van der Waals surface area contributed by atoms with E-state index in [-0.39, 0.29) is 37.0 Å². The third-order valence-electron chi connectivity index (χ3n) is 4.93. The molecule has 0 unspecified atom stereocenters. The molecule has 6 nitrogen and oxygen atoms in total. The van der Waals surface area contributed by atoms with Gasteiger partial charge in [-0.3, -0.25) is 4.79 Å². The number of aromatic nitrogens is 1. The highest BCUT2D eigenvalue weighted by atomic mass is 19.1. The average Bonchev–Trinajstić information content (AvgIpc) is 2.77. The van der Waals surface area contributed by atoms with E-state index in [0.29, 0.717) is 21.7 Å². The van der Waals surface area contributed by atoms with Crippen molar-refractivity contribution in [1.29, 1.82) is 0 Å². The first-order valence-corrected chi connectivity index (χ1v) is 9.82. The van der Waals surface area contributed by atoms with Crippen molar-refractivity contribution in [3.05, 3.63) is 99.8 Å². The predicted molar refractivity (Wildman–Crippen MR) is 114 cm³/mol. The van der Waals surface area contributed by atoms with Crippen LogP contribution in [0.1, 0.15) is 32.7 Å². The van der Waals surface area contributed by atoms with Crippen molar-refractivity contribution in [1.82, 2.24) is 4.90 Å². The number of rotatable bonds is 8. The topological polar surface area (TPSA) is 65.7 Å². The van der Waals surface area contributed by atoms with Crippen LogP contribution in [0.2, 0.25) is 0 Å². The molecule has 0 spiro atoms. The molecule has 3 rings (SSSR count). The largest absolute Gasteiger partial charge is 0.618 e. The third-order valence-corrected chi connectivity index (χ3v) is 4.93. The Morgan fingerprint density at radius 3 is 2.39 bits per heavy atom. The molecule has 0 N–H and O–H groups in total. The van der Waals surface area contributed by atoms with Crippen molar-refractivity contribution in [2.24, 2.45) is 0 Å². The monoisotopic (exact) mass is 424 g/mol. The highest BCUT2D eigenvalue weighted by molar-refractivity contribution is 5.95. The lowest BCUT2D eigenvalue weighted by molar-refractivity contribution is -0.613. The average molecular weight is 424 g/mol. The Labute approximate surface area is 181 Å². The van der Waals surface area contributed by atoms with E-state index in [4.69, 9.17) is 9.47 Å². The molecule has 0 aliphatic rings. The molecule has 0 aliphatic heterocycles. The van der Waals surface area contributed by atoms with E-state index in [2.05, 4.69) is 0 Å². The molecular formula is C24H25FN2O4. The van der Waals surface area contributed by atoms with E-state index in [1.807, 2.05) is 30.3 Å². The number of ether oxygens (including phenoxy) is 2. The Balaban J connectivity index is 1.91. The fourth-order valence-electron chi connectivity index (χ4n) is 3.27. The third kappa shape index (κ3) is 5.38. The van der Waals surface area contributed by atoms with Crippen molar-refractivity contribution < 1.29 is 23.4 Å². The number of halogens is 1. The standard InChI is InChI=1S/C24H25FN2O4/c1-17-23(31-15-19-7-5-4-6-8-19)22(16-30-3)21(14-27(17)29)24(28)26(2)13-18-9-11-20(25)12-10-18/h4-12,14H,13,15-16H2,1-3H3. The van der Waals surface area contributed by atoms with Crippen LogP contribution in [-0.2, 0) is 24.5 Å². The lowest BCUT2D eigenvalue weighted by Gasteiger charge is -2.21. The Hall–Kier alpha value is -3.45. The summed E-state index contributed by atoms with van der Waals surface area (Å²) >= 11 is 0. The maximum Gasteiger partial charge on any atom is 0.260 e. The quantitative estimate of drug-likeness (QED) is 0.408. The van der Waals surface area contributed by atoms with Gasteiger partial charge in [0.2, 0.25) is 5.69 Å². The highest BCUT2D eigenvalue weighted by Gasteiger charge is 2.27. The van der Waals surface area contributed by atoms with Crippen molar-refractivity contribution in [3.8, 4) is 5.75 Å². The first-order chi connectivity index (χ1) is 14.9. The second-order valence-corrected chi connectivity index (χ2v) is 7.26. The Kier molecular flexibility index (Phi) is 7.20. The summed E-state index contributed by atoms with van der Waals surface area (Å²) in [6, 6.07) is 15.5. The molecule has 3 aromatic rings. The zero-order chi connectivity index (χ0) is 22.4. The SMILES string of the molecule is COCc1c(C(=O)N(C)Cc2ccc(F)cc2)c[n+]([O-])c(C)c1OCc1ccccc1. The molecule has 1 aromatic heterocycles. The summed E-state index contributed by atoms with van der Waals surface area (Å²) in [6.45, 7) is 2.26. The van der Waals surface area contributed by atoms with Gasteiger partial charge in [0.05, 0.1) is 6.61 Å². The summed E-state index contributed by atoms with van der Waals surface area (Å²) in [4.78, 5) is 14.7. The maximum atomic E-state index is 13.2. The number of amides is 1. The zero-order valence-electron chi connectivity index (χ0n) is 17.8. The van der Waals surface area contributed by atoms with Crippen LogP contribution in [0.5, 0.6) is 5.75 Å². The number of hydrogen-bond acceptors (Lipinski definition) is 4. The van der Waals surface area contributed by atoms with Crippen LogP contribution < -0.4 is 9.47 Å². The number of benzene rings is 2. The second-order valence-electron chi connectivity index (χ2n) is 7.26. The van der Waals surface area contributed by atoms with E-state index in [0.717, 1.165) is 11.1 Å².